The summed E-state index contributed by atoms with van der Waals surface area (Å²) in [5.74, 6) is -2.27. The topological polar surface area (TPSA) is 92.1 Å². The summed E-state index contributed by atoms with van der Waals surface area (Å²) in [6.07, 6.45) is 0.758. The van der Waals surface area contributed by atoms with Gasteiger partial charge in [0.25, 0.3) is 11.8 Å². The minimum Gasteiger partial charge on any atom is -0.365 e. The number of benzene rings is 1. The fourth-order valence-corrected chi connectivity index (χ4v) is 3.83. The molecule has 2 aromatic rings. The molecule has 2 atom stereocenters. The van der Waals surface area contributed by atoms with Crippen LogP contribution < -0.4 is 21.7 Å². The van der Waals surface area contributed by atoms with Crippen molar-refractivity contribution in [3.05, 3.63) is 47.0 Å². The SMILES string of the molecule is Cc1cccc(Nc2nc(N[C@@H]3CCCC(F)(F)[C@@H]3N)cc3c2C(=O)NC3)c1. The monoisotopic (exact) mass is 387 g/mol. The third kappa shape index (κ3) is 3.52. The number of rotatable bonds is 4. The zero-order valence-corrected chi connectivity index (χ0v) is 15.6. The maximum atomic E-state index is 14.0. The standard InChI is InChI=1S/C20H23F2N5O/c1-11-4-2-5-13(8-11)25-18-16-12(10-24-19(16)28)9-15(27-18)26-14-6-3-7-20(21,22)17(14)23/h2,4-5,8-9,14,17H,3,6-7,10,23H2,1H3,(H,24,28)(H2,25,26,27)/t14-,17-/m1/s1. The van der Waals surface area contributed by atoms with Crippen LogP contribution in [-0.4, -0.2) is 28.9 Å². The molecule has 5 N–H and O–H groups in total. The summed E-state index contributed by atoms with van der Waals surface area (Å²) < 4.78 is 27.9. The van der Waals surface area contributed by atoms with Gasteiger partial charge in [-0.2, -0.15) is 0 Å². The lowest BCUT2D eigenvalue weighted by Gasteiger charge is -2.36. The van der Waals surface area contributed by atoms with Gasteiger partial charge in [-0.1, -0.05) is 12.1 Å². The molecule has 28 heavy (non-hydrogen) atoms. The first kappa shape index (κ1) is 18.6. The van der Waals surface area contributed by atoms with Crippen LogP contribution in [0.5, 0.6) is 0 Å². The van der Waals surface area contributed by atoms with Crippen LogP contribution in [0.15, 0.2) is 30.3 Å². The number of aryl methyl sites for hydroxylation is 1. The molecule has 2 aliphatic rings. The van der Waals surface area contributed by atoms with Gasteiger partial charge in [0.2, 0.25) is 0 Å². The molecule has 0 saturated heterocycles. The Balaban J connectivity index is 1.65. The van der Waals surface area contributed by atoms with E-state index < -0.39 is 18.0 Å². The molecule has 6 nitrogen and oxygen atoms in total. The largest absolute Gasteiger partial charge is 0.365 e. The van der Waals surface area contributed by atoms with E-state index in [0.29, 0.717) is 36.6 Å². The Morgan fingerprint density at radius 1 is 1.32 bits per heavy atom. The second-order valence-electron chi connectivity index (χ2n) is 7.50. The number of carbonyl (C=O) groups excluding carboxylic acids is 1. The molecule has 0 unspecified atom stereocenters. The molecule has 1 saturated carbocycles. The van der Waals surface area contributed by atoms with E-state index in [2.05, 4.69) is 20.9 Å². The number of pyridine rings is 1. The van der Waals surface area contributed by atoms with Crippen molar-refractivity contribution in [2.75, 3.05) is 10.6 Å². The Labute approximate surface area is 161 Å². The van der Waals surface area contributed by atoms with Gasteiger partial charge in [-0.15, -0.1) is 0 Å². The van der Waals surface area contributed by atoms with Gasteiger partial charge < -0.3 is 21.7 Å². The minimum absolute atomic E-state index is 0.192. The van der Waals surface area contributed by atoms with Gasteiger partial charge in [0.15, 0.2) is 0 Å². The van der Waals surface area contributed by atoms with Crippen molar-refractivity contribution in [2.45, 2.75) is 50.7 Å². The summed E-state index contributed by atoms with van der Waals surface area (Å²) in [6.45, 7) is 2.35. The predicted molar refractivity (Wildman–Crippen MR) is 104 cm³/mol. The van der Waals surface area contributed by atoms with E-state index in [1.54, 1.807) is 6.07 Å². The molecule has 2 heterocycles. The number of hydrogen-bond donors (Lipinski definition) is 4. The summed E-state index contributed by atoms with van der Waals surface area (Å²) in [7, 11) is 0. The van der Waals surface area contributed by atoms with E-state index in [-0.39, 0.29) is 12.3 Å². The van der Waals surface area contributed by atoms with Gasteiger partial charge in [-0.25, -0.2) is 13.8 Å². The molecule has 0 spiro atoms. The van der Waals surface area contributed by atoms with E-state index in [9.17, 15) is 13.6 Å². The van der Waals surface area contributed by atoms with Crippen LogP contribution in [0.4, 0.5) is 26.1 Å². The van der Waals surface area contributed by atoms with Crippen molar-refractivity contribution in [2.24, 2.45) is 5.73 Å². The van der Waals surface area contributed by atoms with Crippen LogP contribution in [-0.2, 0) is 6.54 Å². The maximum Gasteiger partial charge on any atom is 0.264 e. The highest BCUT2D eigenvalue weighted by molar-refractivity contribution is 6.03. The summed E-state index contributed by atoms with van der Waals surface area (Å²) in [6, 6.07) is 7.58. The number of halogens is 2. The van der Waals surface area contributed by atoms with Crippen molar-refractivity contribution >= 4 is 23.2 Å². The van der Waals surface area contributed by atoms with Gasteiger partial charge in [-0.05, 0) is 49.1 Å². The average Bonchev–Trinajstić information content (AvgIpc) is 3.00. The molecule has 1 aliphatic carbocycles. The Hall–Kier alpha value is -2.74. The molecule has 148 valence electrons. The van der Waals surface area contributed by atoms with Crippen LogP contribution in [0.1, 0.15) is 40.7 Å². The number of alkyl halides is 2. The van der Waals surface area contributed by atoms with Crippen molar-refractivity contribution in [1.29, 1.82) is 0 Å². The molecular formula is C20H23F2N5O. The highest BCUT2D eigenvalue weighted by Gasteiger charge is 2.44. The Bertz CT molecular complexity index is 917. The summed E-state index contributed by atoms with van der Waals surface area (Å²) >= 11 is 0. The number of carbonyl (C=O) groups is 1. The lowest BCUT2D eigenvalue weighted by Crippen LogP contribution is -2.55. The van der Waals surface area contributed by atoms with E-state index in [4.69, 9.17) is 5.73 Å². The van der Waals surface area contributed by atoms with E-state index in [1.165, 1.54) is 0 Å². The zero-order chi connectivity index (χ0) is 19.9. The molecule has 0 bridgehead atoms. The molecule has 8 heteroatoms. The van der Waals surface area contributed by atoms with Crippen molar-refractivity contribution in [1.82, 2.24) is 10.3 Å². The first-order chi connectivity index (χ1) is 13.3. The smallest absolute Gasteiger partial charge is 0.264 e. The number of nitrogens with one attached hydrogen (secondary N) is 3. The fourth-order valence-electron chi connectivity index (χ4n) is 3.83. The van der Waals surface area contributed by atoms with Crippen LogP contribution in [0.25, 0.3) is 0 Å². The predicted octanol–water partition coefficient (Wildman–Crippen LogP) is 3.30. The molecule has 1 amide bonds. The third-order valence-corrected chi connectivity index (χ3v) is 5.33. The third-order valence-electron chi connectivity index (χ3n) is 5.33. The van der Waals surface area contributed by atoms with Gasteiger partial charge >= 0.3 is 0 Å². The maximum absolute atomic E-state index is 14.0. The number of nitrogens with two attached hydrogens (primary N) is 1. The number of fused-ring (bicyclic) bond motifs is 1. The Morgan fingerprint density at radius 3 is 2.93 bits per heavy atom. The van der Waals surface area contributed by atoms with Crippen molar-refractivity contribution in [3.8, 4) is 0 Å². The summed E-state index contributed by atoms with van der Waals surface area (Å²) in [4.78, 5) is 16.8. The number of aromatic nitrogens is 1. The summed E-state index contributed by atoms with van der Waals surface area (Å²) in [5.41, 5.74) is 8.91. The fraction of sp³-hybridized carbons (Fsp3) is 0.400. The van der Waals surface area contributed by atoms with Gasteiger partial charge in [0.05, 0.1) is 11.6 Å². The summed E-state index contributed by atoms with van der Waals surface area (Å²) in [5, 5.41) is 9.05. The van der Waals surface area contributed by atoms with Crippen molar-refractivity contribution in [3.63, 3.8) is 0 Å². The number of hydrogen-bond acceptors (Lipinski definition) is 5. The van der Waals surface area contributed by atoms with Crippen LogP contribution in [0, 0.1) is 6.92 Å². The normalized spacial score (nSPS) is 23.1. The number of amides is 1. The number of nitrogens with zero attached hydrogens (tertiary/aromatic N) is 1. The zero-order valence-electron chi connectivity index (χ0n) is 15.6. The highest BCUT2D eigenvalue weighted by atomic mass is 19.3. The highest BCUT2D eigenvalue weighted by Crippen LogP contribution is 2.35. The van der Waals surface area contributed by atoms with E-state index >= 15 is 0 Å². The van der Waals surface area contributed by atoms with Gasteiger partial charge in [0, 0.05) is 24.7 Å². The first-order valence-electron chi connectivity index (χ1n) is 9.39. The van der Waals surface area contributed by atoms with Gasteiger partial charge in [-0.3, -0.25) is 4.79 Å². The molecule has 4 rings (SSSR count). The van der Waals surface area contributed by atoms with E-state index in [0.717, 1.165) is 16.8 Å². The van der Waals surface area contributed by atoms with Gasteiger partial charge in [0.1, 0.15) is 11.6 Å². The molecule has 1 aromatic carbocycles. The quantitative estimate of drug-likeness (QED) is 0.646. The molecule has 1 aliphatic heterocycles. The van der Waals surface area contributed by atoms with E-state index in [1.807, 2.05) is 31.2 Å². The molecule has 1 fully saturated rings. The Kier molecular flexibility index (Phi) is 4.66. The molecular weight excluding hydrogens is 364 g/mol. The second kappa shape index (κ2) is 7.01. The van der Waals surface area contributed by atoms with Crippen LogP contribution in [0.3, 0.4) is 0 Å². The Morgan fingerprint density at radius 2 is 2.14 bits per heavy atom. The van der Waals surface area contributed by atoms with Crippen LogP contribution >= 0.6 is 0 Å². The van der Waals surface area contributed by atoms with Crippen LogP contribution in [0.2, 0.25) is 0 Å². The minimum atomic E-state index is -2.90. The lowest BCUT2D eigenvalue weighted by atomic mass is 9.87. The molecule has 0 radical (unpaired) electrons. The number of anilines is 3. The average molecular weight is 387 g/mol. The molecule has 1 aromatic heterocycles. The first-order valence-corrected chi connectivity index (χ1v) is 9.39. The van der Waals surface area contributed by atoms with Crippen molar-refractivity contribution < 1.29 is 13.6 Å². The second-order valence-corrected chi connectivity index (χ2v) is 7.50. The lowest BCUT2D eigenvalue weighted by molar-refractivity contribution is -0.0554.